The number of hydrogen-bond acceptors (Lipinski definition) is 2. The van der Waals surface area contributed by atoms with Crippen LogP contribution in [0.25, 0.3) is 0 Å². The molecule has 0 spiro atoms. The van der Waals surface area contributed by atoms with Crippen molar-refractivity contribution in [2.24, 2.45) is 0 Å². The SMILES string of the molecule is C[NH+](CCOc1ccccc1)CC(=O)Nc1ccccc1Br. The van der Waals surface area contributed by atoms with Crippen LogP contribution < -0.4 is 15.0 Å². The Balaban J connectivity index is 1.71. The van der Waals surface area contributed by atoms with Crippen LogP contribution in [0.4, 0.5) is 5.69 Å². The molecule has 5 heteroatoms. The number of quaternary nitrogens is 1. The van der Waals surface area contributed by atoms with Gasteiger partial charge in [-0.2, -0.15) is 0 Å². The molecule has 1 atom stereocenters. The molecule has 2 aromatic carbocycles. The maximum Gasteiger partial charge on any atom is 0.279 e. The van der Waals surface area contributed by atoms with E-state index in [9.17, 15) is 4.79 Å². The molecule has 0 bridgehead atoms. The maximum atomic E-state index is 12.0. The van der Waals surface area contributed by atoms with Gasteiger partial charge in [0.2, 0.25) is 0 Å². The molecule has 0 radical (unpaired) electrons. The molecule has 0 fully saturated rings. The van der Waals surface area contributed by atoms with Crippen molar-refractivity contribution in [3.63, 3.8) is 0 Å². The predicted octanol–water partition coefficient (Wildman–Crippen LogP) is 1.98. The molecule has 0 aliphatic rings. The Morgan fingerprint density at radius 1 is 1.14 bits per heavy atom. The normalized spacial score (nSPS) is 11.7. The molecule has 2 aromatic rings. The topological polar surface area (TPSA) is 42.8 Å². The lowest BCUT2D eigenvalue weighted by Gasteiger charge is -2.14. The van der Waals surface area contributed by atoms with Gasteiger partial charge in [-0.1, -0.05) is 30.3 Å². The van der Waals surface area contributed by atoms with Crippen LogP contribution in [0, 0.1) is 0 Å². The van der Waals surface area contributed by atoms with Gasteiger partial charge in [-0.3, -0.25) is 4.79 Å². The van der Waals surface area contributed by atoms with E-state index in [0.717, 1.165) is 27.4 Å². The van der Waals surface area contributed by atoms with Gasteiger partial charge in [0.25, 0.3) is 5.91 Å². The zero-order valence-electron chi connectivity index (χ0n) is 12.5. The third-order valence-corrected chi connectivity index (χ3v) is 3.84. The highest BCUT2D eigenvalue weighted by molar-refractivity contribution is 9.10. The van der Waals surface area contributed by atoms with Crippen LogP contribution >= 0.6 is 15.9 Å². The first kappa shape index (κ1) is 16.5. The van der Waals surface area contributed by atoms with E-state index in [2.05, 4.69) is 21.2 Å². The number of hydrogen-bond donors (Lipinski definition) is 2. The van der Waals surface area contributed by atoms with Crippen molar-refractivity contribution in [2.45, 2.75) is 0 Å². The van der Waals surface area contributed by atoms with Crippen molar-refractivity contribution in [2.75, 3.05) is 32.1 Å². The molecule has 22 heavy (non-hydrogen) atoms. The third-order valence-electron chi connectivity index (χ3n) is 3.15. The van der Waals surface area contributed by atoms with E-state index in [1.807, 2.05) is 61.6 Å². The van der Waals surface area contributed by atoms with Crippen molar-refractivity contribution < 1.29 is 14.4 Å². The van der Waals surface area contributed by atoms with Crippen LogP contribution in [-0.2, 0) is 4.79 Å². The van der Waals surface area contributed by atoms with E-state index < -0.39 is 0 Å². The second-order valence-electron chi connectivity index (χ2n) is 5.07. The average molecular weight is 364 g/mol. The number of nitrogens with one attached hydrogen (secondary N) is 2. The van der Waals surface area contributed by atoms with Crippen molar-refractivity contribution in [3.05, 3.63) is 59.1 Å². The number of ether oxygens (including phenoxy) is 1. The summed E-state index contributed by atoms with van der Waals surface area (Å²) in [6.07, 6.45) is 0. The second kappa shape index (κ2) is 8.56. The summed E-state index contributed by atoms with van der Waals surface area (Å²) in [4.78, 5) is 13.1. The number of halogens is 1. The van der Waals surface area contributed by atoms with Crippen LogP contribution in [0.1, 0.15) is 0 Å². The van der Waals surface area contributed by atoms with Crippen LogP contribution in [0.15, 0.2) is 59.1 Å². The number of rotatable bonds is 7. The van der Waals surface area contributed by atoms with Gasteiger partial charge in [0, 0.05) is 4.47 Å². The molecule has 4 nitrogen and oxygen atoms in total. The van der Waals surface area contributed by atoms with E-state index in [-0.39, 0.29) is 5.91 Å². The Morgan fingerprint density at radius 2 is 1.82 bits per heavy atom. The van der Waals surface area contributed by atoms with Gasteiger partial charge in [0.15, 0.2) is 6.54 Å². The van der Waals surface area contributed by atoms with Crippen LogP contribution in [-0.4, -0.2) is 32.7 Å². The molecular formula is C17H20BrN2O2+. The summed E-state index contributed by atoms with van der Waals surface area (Å²) in [5, 5.41) is 2.90. The number of carbonyl (C=O) groups excluding carboxylic acids is 1. The first-order valence-electron chi connectivity index (χ1n) is 7.18. The van der Waals surface area contributed by atoms with Crippen molar-refractivity contribution in [1.29, 1.82) is 0 Å². The molecule has 0 saturated carbocycles. The third kappa shape index (κ3) is 5.50. The first-order chi connectivity index (χ1) is 10.6. The summed E-state index contributed by atoms with van der Waals surface area (Å²) in [6.45, 7) is 1.75. The van der Waals surface area contributed by atoms with E-state index in [4.69, 9.17) is 4.74 Å². The standard InChI is InChI=1S/C17H19BrN2O2/c1-20(11-12-22-14-7-3-2-4-8-14)13-17(21)19-16-10-6-5-9-15(16)18/h2-10H,11-13H2,1H3,(H,19,21)/p+1. The van der Waals surface area contributed by atoms with E-state index >= 15 is 0 Å². The predicted molar refractivity (Wildman–Crippen MR) is 91.3 cm³/mol. The quantitative estimate of drug-likeness (QED) is 0.789. The van der Waals surface area contributed by atoms with Crippen molar-refractivity contribution >= 4 is 27.5 Å². The molecular weight excluding hydrogens is 344 g/mol. The van der Waals surface area contributed by atoms with Gasteiger partial charge in [-0.15, -0.1) is 0 Å². The Bertz CT molecular complexity index is 605. The summed E-state index contributed by atoms with van der Waals surface area (Å²) in [5.41, 5.74) is 0.792. The highest BCUT2D eigenvalue weighted by Crippen LogP contribution is 2.20. The molecule has 2 N–H and O–H groups in total. The Labute approximate surface area is 139 Å². The molecule has 1 amide bonds. The van der Waals surface area contributed by atoms with Gasteiger partial charge >= 0.3 is 0 Å². The van der Waals surface area contributed by atoms with Crippen molar-refractivity contribution in [3.8, 4) is 5.75 Å². The molecule has 0 aromatic heterocycles. The Kier molecular flexibility index (Phi) is 6.43. The highest BCUT2D eigenvalue weighted by Gasteiger charge is 2.11. The zero-order valence-corrected chi connectivity index (χ0v) is 14.1. The fourth-order valence-electron chi connectivity index (χ4n) is 1.98. The zero-order chi connectivity index (χ0) is 15.8. The van der Waals surface area contributed by atoms with Crippen LogP contribution in [0.5, 0.6) is 5.75 Å². The highest BCUT2D eigenvalue weighted by atomic mass is 79.9. The Hall–Kier alpha value is -1.85. The van der Waals surface area contributed by atoms with Crippen LogP contribution in [0.2, 0.25) is 0 Å². The van der Waals surface area contributed by atoms with Gasteiger partial charge < -0.3 is 15.0 Å². The van der Waals surface area contributed by atoms with Gasteiger partial charge in [-0.05, 0) is 40.2 Å². The number of carbonyl (C=O) groups is 1. The molecule has 0 aliphatic carbocycles. The molecule has 116 valence electrons. The van der Waals surface area contributed by atoms with Crippen LogP contribution in [0.3, 0.4) is 0 Å². The van der Waals surface area contributed by atoms with Gasteiger partial charge in [0.05, 0.1) is 12.7 Å². The number of benzene rings is 2. The second-order valence-corrected chi connectivity index (χ2v) is 5.93. The molecule has 1 unspecified atom stereocenters. The summed E-state index contributed by atoms with van der Waals surface area (Å²) < 4.78 is 6.52. The monoisotopic (exact) mass is 363 g/mol. The smallest absolute Gasteiger partial charge is 0.279 e. The average Bonchev–Trinajstić information content (AvgIpc) is 2.50. The lowest BCUT2D eigenvalue weighted by atomic mass is 10.3. The van der Waals surface area contributed by atoms with Gasteiger partial charge in [0.1, 0.15) is 18.9 Å². The summed E-state index contributed by atoms with van der Waals surface area (Å²) in [7, 11) is 1.98. The number of anilines is 1. The number of amides is 1. The Morgan fingerprint density at radius 3 is 2.55 bits per heavy atom. The van der Waals surface area contributed by atoms with Crippen molar-refractivity contribution in [1.82, 2.24) is 0 Å². The minimum absolute atomic E-state index is 0.0101. The van der Waals surface area contributed by atoms with E-state index in [0.29, 0.717) is 13.2 Å². The van der Waals surface area contributed by atoms with Gasteiger partial charge in [-0.25, -0.2) is 0 Å². The molecule has 2 rings (SSSR count). The lowest BCUT2D eigenvalue weighted by Crippen LogP contribution is -3.10. The van der Waals surface area contributed by atoms with E-state index in [1.54, 1.807) is 0 Å². The minimum Gasteiger partial charge on any atom is -0.488 e. The summed E-state index contributed by atoms with van der Waals surface area (Å²) in [5.74, 6) is 0.845. The number of para-hydroxylation sites is 2. The molecule has 0 heterocycles. The lowest BCUT2D eigenvalue weighted by molar-refractivity contribution is -0.871. The molecule has 0 aliphatic heterocycles. The maximum absolute atomic E-state index is 12.0. The minimum atomic E-state index is -0.0101. The first-order valence-corrected chi connectivity index (χ1v) is 7.98. The summed E-state index contributed by atoms with van der Waals surface area (Å²) >= 11 is 3.42. The number of likely N-dealkylation sites (N-methyl/N-ethyl adjacent to an activating group) is 1. The largest absolute Gasteiger partial charge is 0.488 e. The fourth-order valence-corrected chi connectivity index (χ4v) is 2.36. The van der Waals surface area contributed by atoms with E-state index in [1.165, 1.54) is 0 Å². The molecule has 0 saturated heterocycles. The fraction of sp³-hybridized carbons (Fsp3) is 0.235. The summed E-state index contributed by atoms with van der Waals surface area (Å²) in [6, 6.07) is 17.3.